The van der Waals surface area contributed by atoms with Crippen molar-refractivity contribution < 1.29 is 19.4 Å². The summed E-state index contributed by atoms with van der Waals surface area (Å²) in [5.74, 6) is -1.68. The van der Waals surface area contributed by atoms with E-state index in [0.717, 1.165) is 38.3 Å². The summed E-state index contributed by atoms with van der Waals surface area (Å²) in [6, 6.07) is 1.59. The smallest absolute Gasteiger partial charge is 0.341 e. The number of fused-ring (bicyclic) bond motifs is 4. The highest BCUT2D eigenvalue weighted by Crippen LogP contribution is 2.38. The van der Waals surface area contributed by atoms with Gasteiger partial charge in [-0.2, -0.15) is 0 Å². The first-order valence-electron chi connectivity index (χ1n) is 10.1. The van der Waals surface area contributed by atoms with Crippen LogP contribution < -0.4 is 10.3 Å². The summed E-state index contributed by atoms with van der Waals surface area (Å²) in [6.07, 6.45) is 5.06. The topological polar surface area (TPSA) is 98.9 Å². The van der Waals surface area contributed by atoms with Gasteiger partial charge in [0.05, 0.1) is 12.0 Å². The molecule has 29 heavy (non-hydrogen) atoms. The van der Waals surface area contributed by atoms with E-state index in [2.05, 4.69) is 9.88 Å². The molecule has 1 aliphatic carbocycles. The maximum absolute atomic E-state index is 15.1. The number of nitrogens with zero attached hydrogens (tertiary/aromatic N) is 4. The number of carboxylic acid groups (broad SMARTS) is 1. The van der Waals surface area contributed by atoms with Crippen molar-refractivity contribution >= 4 is 22.8 Å². The molecule has 0 aromatic carbocycles. The van der Waals surface area contributed by atoms with Crippen LogP contribution in [-0.4, -0.2) is 69.0 Å². The SMILES string of the molecule is O=C(O)c1cn(C2CC2)c2nc(N3CC4CCC3CN4CCO)c(F)cc2c1=O. The first kappa shape index (κ1) is 18.5. The van der Waals surface area contributed by atoms with Crippen LogP contribution in [0.25, 0.3) is 11.0 Å². The number of pyridine rings is 2. The number of aromatic carboxylic acids is 1. The highest BCUT2D eigenvalue weighted by molar-refractivity contribution is 5.92. The molecule has 5 heterocycles. The van der Waals surface area contributed by atoms with E-state index in [1.54, 1.807) is 4.57 Å². The van der Waals surface area contributed by atoms with Crippen molar-refractivity contribution in [2.75, 3.05) is 31.1 Å². The zero-order valence-electron chi connectivity index (χ0n) is 15.9. The van der Waals surface area contributed by atoms with Crippen LogP contribution in [0, 0.1) is 5.82 Å². The van der Waals surface area contributed by atoms with Crippen molar-refractivity contribution in [2.45, 2.75) is 43.8 Å². The molecule has 0 radical (unpaired) electrons. The monoisotopic (exact) mass is 402 g/mol. The third-order valence-corrected chi connectivity index (χ3v) is 6.41. The Morgan fingerprint density at radius 2 is 1.90 bits per heavy atom. The van der Waals surface area contributed by atoms with Crippen molar-refractivity contribution in [1.82, 2.24) is 14.5 Å². The average molecular weight is 402 g/mol. The molecule has 9 heteroatoms. The Bertz CT molecular complexity index is 1050. The molecule has 6 rings (SSSR count). The maximum atomic E-state index is 15.1. The van der Waals surface area contributed by atoms with Gasteiger partial charge in [0.2, 0.25) is 5.43 Å². The van der Waals surface area contributed by atoms with E-state index in [1.165, 1.54) is 6.20 Å². The van der Waals surface area contributed by atoms with Gasteiger partial charge in [0, 0.05) is 44.0 Å². The molecule has 2 N–H and O–H groups in total. The number of aliphatic hydroxyl groups excluding tert-OH is 1. The summed E-state index contributed by atoms with van der Waals surface area (Å²) in [5.41, 5.74) is -0.695. The second-order valence-electron chi connectivity index (χ2n) is 8.24. The number of piperazine rings is 1. The molecule has 8 nitrogen and oxygen atoms in total. The molecule has 154 valence electrons. The largest absolute Gasteiger partial charge is 0.477 e. The maximum Gasteiger partial charge on any atom is 0.341 e. The van der Waals surface area contributed by atoms with Crippen LogP contribution in [0.4, 0.5) is 10.2 Å². The number of rotatable bonds is 5. The number of aliphatic hydroxyl groups is 1. The van der Waals surface area contributed by atoms with Crippen molar-refractivity contribution in [3.8, 4) is 0 Å². The molecule has 2 unspecified atom stereocenters. The lowest BCUT2D eigenvalue weighted by Gasteiger charge is -2.52. The highest BCUT2D eigenvalue weighted by Gasteiger charge is 2.40. The summed E-state index contributed by atoms with van der Waals surface area (Å²) in [6.45, 7) is 2.09. The molecule has 2 atom stereocenters. The highest BCUT2D eigenvalue weighted by atomic mass is 19.1. The van der Waals surface area contributed by atoms with Gasteiger partial charge in [0.15, 0.2) is 11.6 Å². The summed E-state index contributed by atoms with van der Waals surface area (Å²) in [5, 5.41) is 18.6. The van der Waals surface area contributed by atoms with Crippen LogP contribution in [0.5, 0.6) is 0 Å². The van der Waals surface area contributed by atoms with Gasteiger partial charge in [-0.3, -0.25) is 9.69 Å². The predicted molar refractivity (Wildman–Crippen MR) is 104 cm³/mol. The van der Waals surface area contributed by atoms with E-state index < -0.39 is 17.2 Å². The van der Waals surface area contributed by atoms with Crippen LogP contribution in [-0.2, 0) is 0 Å². The minimum Gasteiger partial charge on any atom is -0.477 e. The van der Waals surface area contributed by atoms with Gasteiger partial charge in [-0.25, -0.2) is 14.2 Å². The molecular formula is C20H23FN4O4. The van der Waals surface area contributed by atoms with Crippen LogP contribution in [0.3, 0.4) is 0 Å². The van der Waals surface area contributed by atoms with Gasteiger partial charge in [0.1, 0.15) is 11.2 Å². The van der Waals surface area contributed by atoms with Crippen LogP contribution >= 0.6 is 0 Å². The number of carboxylic acids is 1. The van der Waals surface area contributed by atoms with Crippen LogP contribution in [0.1, 0.15) is 42.1 Å². The zero-order valence-corrected chi connectivity index (χ0v) is 15.9. The summed E-state index contributed by atoms with van der Waals surface area (Å²) >= 11 is 0. The molecule has 4 aliphatic rings. The van der Waals surface area contributed by atoms with Crippen molar-refractivity contribution in [3.05, 3.63) is 33.9 Å². The summed E-state index contributed by atoms with van der Waals surface area (Å²) in [7, 11) is 0. The molecule has 0 amide bonds. The molecule has 4 fully saturated rings. The Morgan fingerprint density at radius 1 is 1.17 bits per heavy atom. The Labute approximate surface area is 166 Å². The van der Waals surface area contributed by atoms with Crippen molar-refractivity contribution in [1.29, 1.82) is 0 Å². The number of halogens is 1. The number of hydrogen-bond donors (Lipinski definition) is 2. The fourth-order valence-electron chi connectivity index (χ4n) is 4.80. The summed E-state index contributed by atoms with van der Waals surface area (Å²) < 4.78 is 16.8. The van der Waals surface area contributed by atoms with E-state index in [9.17, 15) is 19.8 Å². The lowest BCUT2D eigenvalue weighted by atomic mass is 9.90. The molecule has 2 aromatic heterocycles. The lowest BCUT2D eigenvalue weighted by Crippen LogP contribution is -2.63. The normalized spacial score (nSPS) is 24.4. The zero-order chi connectivity index (χ0) is 20.3. The minimum absolute atomic E-state index is 0.0159. The molecule has 3 saturated heterocycles. The van der Waals surface area contributed by atoms with Gasteiger partial charge in [0.25, 0.3) is 0 Å². The predicted octanol–water partition coefficient (Wildman–Crippen LogP) is 1.21. The standard InChI is InChI=1S/C20H23FN4O4/c21-16-7-14-17(27)15(20(28)29)10-25(11-1-2-11)18(14)22-19(16)24-9-12-3-4-13(24)8-23(12)5-6-26/h7,10-13,26H,1-6,8-9H2,(H,28,29). The van der Waals surface area contributed by atoms with E-state index in [1.807, 2.05) is 4.90 Å². The Hall–Kier alpha value is -2.52. The van der Waals surface area contributed by atoms with Gasteiger partial charge in [-0.15, -0.1) is 0 Å². The number of anilines is 1. The summed E-state index contributed by atoms with van der Waals surface area (Å²) in [4.78, 5) is 32.9. The molecule has 0 spiro atoms. The lowest BCUT2D eigenvalue weighted by molar-refractivity contribution is 0.0695. The first-order valence-corrected chi connectivity index (χ1v) is 10.1. The van der Waals surface area contributed by atoms with E-state index >= 15 is 4.39 Å². The molecular weight excluding hydrogens is 379 g/mol. The van der Waals surface area contributed by atoms with Gasteiger partial charge < -0.3 is 19.7 Å². The van der Waals surface area contributed by atoms with Crippen molar-refractivity contribution in [3.63, 3.8) is 0 Å². The quantitative estimate of drug-likeness (QED) is 0.776. The third-order valence-electron chi connectivity index (χ3n) is 6.41. The van der Waals surface area contributed by atoms with E-state index in [0.29, 0.717) is 18.7 Å². The third kappa shape index (κ3) is 3.00. The Kier molecular flexibility index (Phi) is 4.32. The van der Waals surface area contributed by atoms with Crippen molar-refractivity contribution in [2.24, 2.45) is 0 Å². The minimum atomic E-state index is -1.31. The van der Waals surface area contributed by atoms with E-state index in [4.69, 9.17) is 0 Å². The fourth-order valence-corrected chi connectivity index (χ4v) is 4.80. The molecule has 2 bridgehead atoms. The van der Waals surface area contributed by atoms with E-state index in [-0.39, 0.29) is 41.5 Å². The number of carbonyl (C=O) groups is 1. The van der Waals surface area contributed by atoms with Gasteiger partial charge >= 0.3 is 5.97 Å². The van der Waals surface area contributed by atoms with Gasteiger partial charge in [-0.05, 0) is 31.7 Å². The molecule has 1 saturated carbocycles. The Balaban J connectivity index is 1.61. The second-order valence-corrected chi connectivity index (χ2v) is 8.24. The second kappa shape index (κ2) is 6.77. The van der Waals surface area contributed by atoms with Crippen LogP contribution in [0.2, 0.25) is 0 Å². The molecule has 3 aliphatic heterocycles. The average Bonchev–Trinajstić information content (AvgIpc) is 3.54. The Morgan fingerprint density at radius 3 is 2.52 bits per heavy atom. The fraction of sp³-hybridized carbons (Fsp3) is 0.550. The van der Waals surface area contributed by atoms with Crippen LogP contribution in [0.15, 0.2) is 17.1 Å². The number of piperidine rings is 2. The number of aromatic nitrogens is 2. The van der Waals surface area contributed by atoms with Gasteiger partial charge in [-0.1, -0.05) is 0 Å². The first-order chi connectivity index (χ1) is 14.0. The molecule has 2 aromatic rings. The number of hydrogen-bond acceptors (Lipinski definition) is 6.